The lowest BCUT2D eigenvalue weighted by molar-refractivity contribution is -0.132. The number of carbonyl (C=O) groups is 1. The maximum atomic E-state index is 12.3. The Bertz CT molecular complexity index is 470. The van der Waals surface area contributed by atoms with Gasteiger partial charge in [-0.1, -0.05) is 17.7 Å². The highest BCUT2D eigenvalue weighted by Gasteiger charge is 2.21. The van der Waals surface area contributed by atoms with E-state index >= 15 is 0 Å². The van der Waals surface area contributed by atoms with Crippen molar-refractivity contribution < 1.29 is 9.53 Å². The summed E-state index contributed by atoms with van der Waals surface area (Å²) >= 11 is 0. The zero-order chi connectivity index (χ0) is 16.0. The highest BCUT2D eigenvalue weighted by atomic mass is 16.5. The van der Waals surface area contributed by atoms with Crippen LogP contribution in [0.25, 0.3) is 0 Å². The second-order valence-electron chi connectivity index (χ2n) is 5.37. The van der Waals surface area contributed by atoms with Crippen molar-refractivity contribution in [3.8, 4) is 5.75 Å². The predicted molar refractivity (Wildman–Crippen MR) is 86.7 cm³/mol. The molecular formula is C17H28N2O2. The lowest BCUT2D eigenvalue weighted by Crippen LogP contribution is -2.45. The molecule has 4 nitrogen and oxygen atoms in total. The summed E-state index contributed by atoms with van der Waals surface area (Å²) in [5.41, 5.74) is 2.26. The van der Waals surface area contributed by atoms with Crippen molar-refractivity contribution in [1.82, 2.24) is 10.2 Å². The standard InChI is InChI=1S/C17H28N2O2/c1-7-19(8-2)17(20)14(5)18-13(4)15-11-12(3)9-10-16(15)21-6/h9-11,13-14,18H,7-8H2,1-6H3. The molecule has 0 radical (unpaired) electrons. The van der Waals surface area contributed by atoms with Crippen molar-refractivity contribution in [3.05, 3.63) is 29.3 Å². The van der Waals surface area contributed by atoms with Gasteiger partial charge in [-0.15, -0.1) is 0 Å². The quantitative estimate of drug-likeness (QED) is 0.840. The normalized spacial score (nSPS) is 13.6. The molecule has 2 unspecified atom stereocenters. The van der Waals surface area contributed by atoms with Crippen molar-refractivity contribution in [2.75, 3.05) is 20.2 Å². The summed E-state index contributed by atoms with van der Waals surface area (Å²) in [7, 11) is 1.67. The van der Waals surface area contributed by atoms with Crippen LogP contribution in [0.4, 0.5) is 0 Å². The molecule has 118 valence electrons. The first-order valence-corrected chi connectivity index (χ1v) is 7.63. The van der Waals surface area contributed by atoms with Crippen LogP contribution < -0.4 is 10.1 Å². The number of hydrogen-bond donors (Lipinski definition) is 1. The number of carbonyl (C=O) groups excluding carboxylic acids is 1. The molecule has 0 bridgehead atoms. The van der Waals surface area contributed by atoms with E-state index in [2.05, 4.69) is 25.2 Å². The molecule has 0 saturated heterocycles. The Kier molecular flexibility index (Phi) is 6.69. The van der Waals surface area contributed by atoms with Crippen LogP contribution in [0, 0.1) is 6.92 Å². The van der Waals surface area contributed by atoms with Gasteiger partial charge in [-0.3, -0.25) is 10.1 Å². The Labute approximate surface area is 128 Å². The van der Waals surface area contributed by atoms with Crippen LogP contribution in [0.15, 0.2) is 18.2 Å². The number of benzene rings is 1. The molecule has 21 heavy (non-hydrogen) atoms. The fourth-order valence-electron chi connectivity index (χ4n) is 2.54. The molecule has 0 spiro atoms. The first kappa shape index (κ1) is 17.5. The van der Waals surface area contributed by atoms with Crippen LogP contribution >= 0.6 is 0 Å². The van der Waals surface area contributed by atoms with Crippen molar-refractivity contribution in [2.45, 2.75) is 46.7 Å². The van der Waals surface area contributed by atoms with Crippen molar-refractivity contribution in [2.24, 2.45) is 0 Å². The van der Waals surface area contributed by atoms with E-state index in [4.69, 9.17) is 4.74 Å². The molecule has 0 saturated carbocycles. The molecule has 0 aliphatic carbocycles. The molecule has 0 aliphatic rings. The maximum Gasteiger partial charge on any atom is 0.239 e. The smallest absolute Gasteiger partial charge is 0.239 e. The molecule has 0 heterocycles. The highest BCUT2D eigenvalue weighted by Crippen LogP contribution is 2.26. The summed E-state index contributed by atoms with van der Waals surface area (Å²) in [6, 6.07) is 5.93. The second-order valence-corrected chi connectivity index (χ2v) is 5.37. The number of nitrogens with zero attached hydrogens (tertiary/aromatic N) is 1. The monoisotopic (exact) mass is 292 g/mol. The van der Waals surface area contributed by atoms with Crippen LogP contribution in [-0.2, 0) is 4.79 Å². The van der Waals surface area contributed by atoms with E-state index in [1.54, 1.807) is 7.11 Å². The van der Waals surface area contributed by atoms with E-state index in [9.17, 15) is 4.79 Å². The molecular weight excluding hydrogens is 264 g/mol. The summed E-state index contributed by atoms with van der Waals surface area (Å²) in [4.78, 5) is 14.2. The Morgan fingerprint density at radius 3 is 2.43 bits per heavy atom. The minimum atomic E-state index is -0.217. The van der Waals surface area contributed by atoms with Crippen molar-refractivity contribution >= 4 is 5.91 Å². The Balaban J connectivity index is 2.83. The lowest BCUT2D eigenvalue weighted by Gasteiger charge is -2.26. The van der Waals surface area contributed by atoms with E-state index in [-0.39, 0.29) is 18.0 Å². The van der Waals surface area contributed by atoms with E-state index in [0.29, 0.717) is 0 Å². The molecule has 1 rings (SSSR count). The third-order valence-electron chi connectivity index (χ3n) is 3.80. The number of likely N-dealkylation sites (N-methyl/N-ethyl adjacent to an activating group) is 1. The van der Waals surface area contributed by atoms with Crippen LogP contribution in [0.5, 0.6) is 5.75 Å². The molecule has 0 fully saturated rings. The number of amides is 1. The maximum absolute atomic E-state index is 12.3. The largest absolute Gasteiger partial charge is 0.496 e. The van der Waals surface area contributed by atoms with E-state index in [1.807, 2.05) is 37.8 Å². The molecule has 1 N–H and O–H groups in total. The Hall–Kier alpha value is -1.55. The van der Waals surface area contributed by atoms with Gasteiger partial charge in [0.2, 0.25) is 5.91 Å². The average molecular weight is 292 g/mol. The minimum Gasteiger partial charge on any atom is -0.496 e. The van der Waals surface area contributed by atoms with Gasteiger partial charge in [0.1, 0.15) is 5.75 Å². The summed E-state index contributed by atoms with van der Waals surface area (Å²) < 4.78 is 5.42. The summed E-state index contributed by atoms with van der Waals surface area (Å²) in [6.07, 6.45) is 0. The lowest BCUT2D eigenvalue weighted by atomic mass is 10.0. The van der Waals surface area contributed by atoms with E-state index in [1.165, 1.54) is 5.56 Å². The average Bonchev–Trinajstić information content (AvgIpc) is 2.48. The fraction of sp³-hybridized carbons (Fsp3) is 0.588. The van der Waals surface area contributed by atoms with Gasteiger partial charge in [-0.2, -0.15) is 0 Å². The van der Waals surface area contributed by atoms with Crippen molar-refractivity contribution in [1.29, 1.82) is 0 Å². The topological polar surface area (TPSA) is 41.6 Å². The number of ether oxygens (including phenoxy) is 1. The van der Waals surface area contributed by atoms with Gasteiger partial charge in [0.15, 0.2) is 0 Å². The van der Waals surface area contributed by atoms with Gasteiger partial charge in [0, 0.05) is 24.7 Å². The number of rotatable bonds is 7. The molecule has 0 aliphatic heterocycles. The number of aryl methyl sites for hydroxylation is 1. The highest BCUT2D eigenvalue weighted by molar-refractivity contribution is 5.81. The van der Waals surface area contributed by atoms with E-state index in [0.717, 1.165) is 24.4 Å². The number of nitrogens with one attached hydrogen (secondary N) is 1. The SMILES string of the molecule is CCN(CC)C(=O)C(C)NC(C)c1cc(C)ccc1OC. The minimum absolute atomic E-state index is 0.0503. The summed E-state index contributed by atoms with van der Waals surface area (Å²) in [5.74, 6) is 0.988. The second kappa shape index (κ2) is 8.03. The Morgan fingerprint density at radius 1 is 1.29 bits per heavy atom. The molecule has 1 aromatic rings. The summed E-state index contributed by atoms with van der Waals surface area (Å²) in [5, 5.41) is 3.38. The third kappa shape index (κ3) is 4.46. The van der Waals surface area contributed by atoms with Gasteiger partial charge in [-0.25, -0.2) is 0 Å². The van der Waals surface area contributed by atoms with Crippen molar-refractivity contribution in [3.63, 3.8) is 0 Å². The Morgan fingerprint density at radius 2 is 1.90 bits per heavy atom. The first-order chi connectivity index (χ1) is 9.94. The van der Waals surface area contributed by atoms with Crippen LogP contribution in [0.1, 0.15) is 44.9 Å². The zero-order valence-corrected chi connectivity index (χ0v) is 14.1. The van der Waals surface area contributed by atoms with E-state index < -0.39 is 0 Å². The van der Waals surface area contributed by atoms with Gasteiger partial charge < -0.3 is 9.64 Å². The number of hydrogen-bond acceptors (Lipinski definition) is 3. The third-order valence-corrected chi connectivity index (χ3v) is 3.80. The number of methoxy groups -OCH3 is 1. The molecule has 1 aromatic carbocycles. The molecule has 1 amide bonds. The molecule has 4 heteroatoms. The predicted octanol–water partition coefficient (Wildman–Crippen LogP) is 2.91. The van der Waals surface area contributed by atoms with Crippen LogP contribution in [-0.4, -0.2) is 37.0 Å². The summed E-state index contributed by atoms with van der Waals surface area (Å²) in [6.45, 7) is 11.5. The zero-order valence-electron chi connectivity index (χ0n) is 14.1. The van der Waals surface area contributed by atoms with Crippen LogP contribution in [0.3, 0.4) is 0 Å². The van der Waals surface area contributed by atoms with Crippen LogP contribution in [0.2, 0.25) is 0 Å². The van der Waals surface area contributed by atoms with Gasteiger partial charge in [0.25, 0.3) is 0 Å². The first-order valence-electron chi connectivity index (χ1n) is 7.63. The molecule has 2 atom stereocenters. The molecule has 0 aromatic heterocycles. The van der Waals surface area contributed by atoms with Gasteiger partial charge >= 0.3 is 0 Å². The fourth-order valence-corrected chi connectivity index (χ4v) is 2.54. The van der Waals surface area contributed by atoms with Gasteiger partial charge in [0.05, 0.1) is 13.2 Å². The van der Waals surface area contributed by atoms with Gasteiger partial charge in [-0.05, 0) is 40.7 Å².